The van der Waals surface area contributed by atoms with Crippen LogP contribution in [-0.4, -0.2) is 14.4 Å². The SMILES string of the molecule is NNc1cn2ccnc2c(Nc2c(F)cccc2Br)n1. The summed E-state index contributed by atoms with van der Waals surface area (Å²) in [5, 5.41) is 2.93. The van der Waals surface area contributed by atoms with E-state index in [1.54, 1.807) is 35.1 Å². The second-order valence-electron chi connectivity index (χ2n) is 4.00. The van der Waals surface area contributed by atoms with Gasteiger partial charge in [-0.25, -0.2) is 20.2 Å². The Morgan fingerprint density at radius 1 is 1.35 bits per heavy atom. The molecule has 0 saturated heterocycles. The molecule has 3 rings (SSSR count). The first kappa shape index (κ1) is 12.8. The number of nitrogens with two attached hydrogens (primary N) is 1. The zero-order valence-corrected chi connectivity index (χ0v) is 11.7. The van der Waals surface area contributed by atoms with Crippen LogP contribution >= 0.6 is 15.9 Å². The van der Waals surface area contributed by atoms with Gasteiger partial charge in [-0.15, -0.1) is 0 Å². The number of fused-ring (bicyclic) bond motifs is 1. The Kier molecular flexibility index (Phi) is 3.25. The number of nitrogens with zero attached hydrogens (tertiary/aromatic N) is 3. The van der Waals surface area contributed by atoms with E-state index in [1.165, 1.54) is 6.07 Å². The molecule has 0 bridgehead atoms. The molecule has 2 heterocycles. The number of anilines is 3. The molecule has 2 aromatic heterocycles. The molecular formula is C12H10BrFN6. The van der Waals surface area contributed by atoms with Gasteiger partial charge in [-0.2, -0.15) is 0 Å². The summed E-state index contributed by atoms with van der Waals surface area (Å²) in [7, 11) is 0. The quantitative estimate of drug-likeness (QED) is 0.506. The van der Waals surface area contributed by atoms with Gasteiger partial charge in [0.05, 0.1) is 11.9 Å². The highest BCUT2D eigenvalue weighted by atomic mass is 79.9. The first-order chi connectivity index (χ1) is 9.69. The number of aromatic nitrogens is 3. The lowest BCUT2D eigenvalue weighted by atomic mass is 10.3. The van der Waals surface area contributed by atoms with Crippen LogP contribution in [0.15, 0.2) is 41.3 Å². The van der Waals surface area contributed by atoms with Crippen molar-refractivity contribution in [2.75, 3.05) is 10.7 Å². The van der Waals surface area contributed by atoms with Crippen molar-refractivity contribution < 1.29 is 4.39 Å². The Bertz CT molecular complexity index is 751. The number of hydrogen-bond acceptors (Lipinski definition) is 5. The molecule has 4 N–H and O–H groups in total. The number of benzene rings is 1. The number of imidazole rings is 1. The third kappa shape index (κ3) is 2.19. The highest BCUT2D eigenvalue weighted by molar-refractivity contribution is 9.10. The first-order valence-electron chi connectivity index (χ1n) is 5.70. The van der Waals surface area contributed by atoms with E-state index in [0.29, 0.717) is 27.4 Å². The third-order valence-corrected chi connectivity index (χ3v) is 3.39. The molecule has 8 heteroatoms. The van der Waals surface area contributed by atoms with E-state index in [4.69, 9.17) is 5.84 Å². The average Bonchev–Trinajstić information content (AvgIpc) is 2.91. The number of halogens is 2. The number of hydrazine groups is 1. The van der Waals surface area contributed by atoms with E-state index >= 15 is 0 Å². The van der Waals surface area contributed by atoms with Gasteiger partial charge in [0.15, 0.2) is 17.3 Å². The second kappa shape index (κ2) is 5.06. The van der Waals surface area contributed by atoms with Crippen LogP contribution in [0.1, 0.15) is 0 Å². The van der Waals surface area contributed by atoms with Crippen molar-refractivity contribution in [2.24, 2.45) is 5.84 Å². The Balaban J connectivity index is 2.12. The normalized spacial score (nSPS) is 10.8. The fourth-order valence-electron chi connectivity index (χ4n) is 1.82. The molecule has 0 radical (unpaired) electrons. The molecule has 0 amide bonds. The van der Waals surface area contributed by atoms with Gasteiger partial charge in [0.1, 0.15) is 5.82 Å². The number of hydrogen-bond donors (Lipinski definition) is 3. The fraction of sp³-hybridized carbons (Fsp3) is 0. The molecule has 102 valence electrons. The van der Waals surface area contributed by atoms with Crippen LogP contribution in [0.2, 0.25) is 0 Å². The fourth-order valence-corrected chi connectivity index (χ4v) is 2.26. The Hall–Kier alpha value is -2.19. The van der Waals surface area contributed by atoms with Crippen molar-refractivity contribution in [3.63, 3.8) is 0 Å². The molecule has 0 atom stereocenters. The van der Waals surface area contributed by atoms with Crippen molar-refractivity contribution in [3.8, 4) is 0 Å². The zero-order valence-electron chi connectivity index (χ0n) is 10.1. The van der Waals surface area contributed by atoms with Crippen molar-refractivity contribution in [1.29, 1.82) is 0 Å². The van der Waals surface area contributed by atoms with Crippen LogP contribution in [0, 0.1) is 5.82 Å². The van der Waals surface area contributed by atoms with Gasteiger partial charge >= 0.3 is 0 Å². The molecule has 0 spiro atoms. The molecule has 0 fully saturated rings. The number of para-hydroxylation sites is 1. The summed E-state index contributed by atoms with van der Waals surface area (Å²) in [6, 6.07) is 4.71. The van der Waals surface area contributed by atoms with E-state index in [-0.39, 0.29) is 0 Å². The van der Waals surface area contributed by atoms with Crippen LogP contribution in [0.4, 0.5) is 21.7 Å². The summed E-state index contributed by atoms with van der Waals surface area (Å²) in [6.45, 7) is 0. The molecule has 6 nitrogen and oxygen atoms in total. The van der Waals surface area contributed by atoms with Crippen LogP contribution in [0.5, 0.6) is 0 Å². The Labute approximate surface area is 121 Å². The molecule has 1 aromatic carbocycles. The molecule has 20 heavy (non-hydrogen) atoms. The van der Waals surface area contributed by atoms with Crippen molar-refractivity contribution >= 4 is 38.9 Å². The summed E-state index contributed by atoms with van der Waals surface area (Å²) >= 11 is 3.30. The maximum absolute atomic E-state index is 13.9. The van der Waals surface area contributed by atoms with Crippen molar-refractivity contribution in [2.45, 2.75) is 0 Å². The smallest absolute Gasteiger partial charge is 0.180 e. The van der Waals surface area contributed by atoms with Gasteiger partial charge in [-0.05, 0) is 28.1 Å². The summed E-state index contributed by atoms with van der Waals surface area (Å²) in [6.07, 6.45) is 5.06. The van der Waals surface area contributed by atoms with E-state index in [9.17, 15) is 4.39 Å². The summed E-state index contributed by atoms with van der Waals surface area (Å²) in [4.78, 5) is 8.43. The standard InChI is InChI=1S/C12H10BrFN6/c13-7-2-1-3-8(14)10(7)18-11-12-16-4-5-20(12)6-9(17-11)19-15/h1-6,19H,15H2,(H,17,18). The van der Waals surface area contributed by atoms with Gasteiger partial charge in [0.2, 0.25) is 0 Å². The lowest BCUT2D eigenvalue weighted by molar-refractivity contribution is 0.631. The summed E-state index contributed by atoms with van der Waals surface area (Å²) < 4.78 is 16.2. The largest absolute Gasteiger partial charge is 0.334 e. The van der Waals surface area contributed by atoms with Gasteiger partial charge < -0.3 is 15.1 Å². The molecule has 0 aliphatic rings. The molecule has 0 aliphatic carbocycles. The highest BCUT2D eigenvalue weighted by Crippen LogP contribution is 2.29. The minimum atomic E-state index is -0.392. The monoisotopic (exact) mass is 336 g/mol. The van der Waals surface area contributed by atoms with Gasteiger partial charge in [-0.3, -0.25) is 0 Å². The van der Waals surface area contributed by atoms with Gasteiger partial charge in [0, 0.05) is 16.9 Å². The molecule has 0 aliphatic heterocycles. The van der Waals surface area contributed by atoms with Gasteiger partial charge in [0.25, 0.3) is 0 Å². The predicted octanol–water partition coefficient (Wildman–Crippen LogP) is 2.66. The van der Waals surface area contributed by atoms with E-state index in [1.807, 2.05) is 0 Å². The van der Waals surface area contributed by atoms with E-state index < -0.39 is 5.82 Å². The van der Waals surface area contributed by atoms with Crippen LogP contribution in [0.25, 0.3) is 5.65 Å². The van der Waals surface area contributed by atoms with Crippen molar-refractivity contribution in [1.82, 2.24) is 14.4 Å². The van der Waals surface area contributed by atoms with Crippen LogP contribution < -0.4 is 16.6 Å². The Morgan fingerprint density at radius 2 is 2.20 bits per heavy atom. The highest BCUT2D eigenvalue weighted by Gasteiger charge is 2.12. The molecule has 3 aromatic rings. The molecular weight excluding hydrogens is 327 g/mol. The van der Waals surface area contributed by atoms with E-state index in [0.717, 1.165) is 0 Å². The maximum Gasteiger partial charge on any atom is 0.180 e. The lowest BCUT2D eigenvalue weighted by Gasteiger charge is -2.11. The minimum absolute atomic E-state index is 0.291. The third-order valence-electron chi connectivity index (χ3n) is 2.73. The zero-order chi connectivity index (χ0) is 14.1. The van der Waals surface area contributed by atoms with Crippen LogP contribution in [0.3, 0.4) is 0 Å². The summed E-state index contributed by atoms with van der Waals surface area (Å²) in [5.41, 5.74) is 3.32. The summed E-state index contributed by atoms with van der Waals surface area (Å²) in [5.74, 6) is 5.82. The van der Waals surface area contributed by atoms with Crippen molar-refractivity contribution in [3.05, 3.63) is 47.1 Å². The Morgan fingerprint density at radius 3 is 2.95 bits per heavy atom. The topological polar surface area (TPSA) is 80.3 Å². The molecule has 0 saturated carbocycles. The molecule has 0 unspecified atom stereocenters. The maximum atomic E-state index is 13.9. The predicted molar refractivity (Wildman–Crippen MR) is 78.2 cm³/mol. The first-order valence-corrected chi connectivity index (χ1v) is 6.49. The second-order valence-corrected chi connectivity index (χ2v) is 4.85. The van der Waals surface area contributed by atoms with E-state index in [2.05, 4.69) is 36.6 Å². The van der Waals surface area contributed by atoms with Crippen LogP contribution in [-0.2, 0) is 0 Å². The number of nitrogen functional groups attached to an aromatic ring is 1. The number of nitrogens with one attached hydrogen (secondary N) is 2. The minimum Gasteiger partial charge on any atom is -0.334 e. The lowest BCUT2D eigenvalue weighted by Crippen LogP contribution is -2.11. The average molecular weight is 337 g/mol. The number of rotatable bonds is 3. The van der Waals surface area contributed by atoms with Gasteiger partial charge in [-0.1, -0.05) is 6.07 Å².